The van der Waals surface area contributed by atoms with E-state index in [1.807, 2.05) is 6.92 Å². The minimum Gasteiger partial charge on any atom is -0.310 e. The van der Waals surface area contributed by atoms with Crippen LogP contribution in [0.1, 0.15) is 40.2 Å². The third-order valence-corrected chi connectivity index (χ3v) is 4.86. The van der Waals surface area contributed by atoms with Crippen molar-refractivity contribution in [3.05, 3.63) is 23.9 Å². The quantitative estimate of drug-likeness (QED) is 0.771. The number of aromatic nitrogens is 1. The van der Waals surface area contributed by atoms with Crippen molar-refractivity contribution < 1.29 is 8.42 Å². The molecular formula is C15H27N3O2S. The monoisotopic (exact) mass is 313 g/mol. The molecule has 6 heteroatoms. The minimum atomic E-state index is -3.52. The molecule has 0 saturated carbocycles. The van der Waals surface area contributed by atoms with Crippen LogP contribution in [-0.2, 0) is 16.6 Å². The normalized spacial score (nSPS) is 13.9. The Bertz CT molecular complexity index is 524. The highest BCUT2D eigenvalue weighted by atomic mass is 32.2. The Kier molecular flexibility index (Phi) is 6.77. The average Bonchev–Trinajstić information content (AvgIpc) is 2.43. The molecule has 5 nitrogen and oxygen atoms in total. The van der Waals surface area contributed by atoms with Gasteiger partial charge in [0.1, 0.15) is 0 Å². The number of nitrogens with zero attached hydrogens (tertiary/aromatic N) is 1. The van der Waals surface area contributed by atoms with Gasteiger partial charge in [-0.25, -0.2) is 18.1 Å². The van der Waals surface area contributed by atoms with Gasteiger partial charge in [0.15, 0.2) is 5.03 Å². The van der Waals surface area contributed by atoms with Crippen molar-refractivity contribution in [3.8, 4) is 0 Å². The van der Waals surface area contributed by atoms with Gasteiger partial charge in [-0.3, -0.25) is 0 Å². The van der Waals surface area contributed by atoms with Gasteiger partial charge in [-0.05, 0) is 23.5 Å². The fourth-order valence-corrected chi connectivity index (χ4v) is 2.62. The van der Waals surface area contributed by atoms with E-state index in [0.717, 1.165) is 5.56 Å². The molecule has 1 aromatic heterocycles. The van der Waals surface area contributed by atoms with Crippen LogP contribution in [-0.4, -0.2) is 26.0 Å². The molecule has 0 amide bonds. The van der Waals surface area contributed by atoms with Crippen LogP contribution in [0.3, 0.4) is 0 Å². The van der Waals surface area contributed by atoms with Crippen molar-refractivity contribution in [1.29, 1.82) is 0 Å². The summed E-state index contributed by atoms with van der Waals surface area (Å²) in [6.45, 7) is 11.4. The van der Waals surface area contributed by atoms with Crippen molar-refractivity contribution in [2.75, 3.05) is 6.54 Å². The summed E-state index contributed by atoms with van der Waals surface area (Å²) >= 11 is 0. The molecule has 0 bridgehead atoms. The zero-order chi connectivity index (χ0) is 16.0. The van der Waals surface area contributed by atoms with E-state index < -0.39 is 10.0 Å². The largest absolute Gasteiger partial charge is 0.310 e. The highest BCUT2D eigenvalue weighted by molar-refractivity contribution is 7.89. The fourth-order valence-electron chi connectivity index (χ4n) is 1.55. The molecule has 0 aliphatic rings. The molecule has 1 aromatic rings. The first-order valence-electron chi connectivity index (χ1n) is 7.40. The van der Waals surface area contributed by atoms with E-state index in [-0.39, 0.29) is 10.9 Å². The van der Waals surface area contributed by atoms with Gasteiger partial charge < -0.3 is 5.32 Å². The molecule has 0 spiro atoms. The van der Waals surface area contributed by atoms with E-state index in [0.29, 0.717) is 25.0 Å². The fraction of sp³-hybridized carbons (Fsp3) is 0.667. The smallest absolute Gasteiger partial charge is 0.258 e. The van der Waals surface area contributed by atoms with Crippen LogP contribution in [0.5, 0.6) is 0 Å². The summed E-state index contributed by atoms with van der Waals surface area (Å²) < 4.78 is 26.9. The van der Waals surface area contributed by atoms with Crippen LogP contribution in [0.4, 0.5) is 0 Å². The predicted octanol–water partition coefficient (Wildman–Crippen LogP) is 2.15. The van der Waals surface area contributed by atoms with Crippen LogP contribution in [0.2, 0.25) is 0 Å². The van der Waals surface area contributed by atoms with Gasteiger partial charge in [0.05, 0.1) is 0 Å². The van der Waals surface area contributed by atoms with Gasteiger partial charge in [-0.1, -0.05) is 40.7 Å². The molecule has 0 radical (unpaired) electrons. The van der Waals surface area contributed by atoms with Crippen LogP contribution in [0.15, 0.2) is 23.4 Å². The number of nitrogens with one attached hydrogen (secondary N) is 2. The van der Waals surface area contributed by atoms with Crippen molar-refractivity contribution in [3.63, 3.8) is 0 Å². The lowest BCUT2D eigenvalue weighted by Crippen LogP contribution is -2.30. The first kappa shape index (κ1) is 18.1. The Morgan fingerprint density at radius 3 is 2.29 bits per heavy atom. The molecule has 120 valence electrons. The summed E-state index contributed by atoms with van der Waals surface area (Å²) in [4.78, 5) is 4.06. The van der Waals surface area contributed by atoms with Gasteiger partial charge in [-0.15, -0.1) is 0 Å². The molecule has 0 aliphatic carbocycles. The Labute approximate surface area is 128 Å². The number of rotatable bonds is 8. The van der Waals surface area contributed by atoms with Crippen LogP contribution in [0.25, 0.3) is 0 Å². The number of hydrogen-bond donors (Lipinski definition) is 2. The molecule has 0 saturated heterocycles. The lowest BCUT2D eigenvalue weighted by molar-refractivity contribution is 0.414. The first-order chi connectivity index (χ1) is 9.72. The maximum Gasteiger partial charge on any atom is 0.258 e. The Morgan fingerprint density at radius 1 is 1.14 bits per heavy atom. The van der Waals surface area contributed by atoms with Crippen molar-refractivity contribution in [1.82, 2.24) is 15.0 Å². The zero-order valence-electron chi connectivity index (χ0n) is 13.6. The third-order valence-electron chi connectivity index (χ3n) is 3.52. The summed E-state index contributed by atoms with van der Waals surface area (Å²) in [5, 5.41) is 3.34. The lowest BCUT2D eigenvalue weighted by atomic mass is 9.99. The van der Waals surface area contributed by atoms with E-state index in [9.17, 15) is 8.42 Å². The molecule has 2 N–H and O–H groups in total. The minimum absolute atomic E-state index is 0.0757. The Balaban J connectivity index is 2.67. The Morgan fingerprint density at radius 2 is 1.81 bits per heavy atom. The highest BCUT2D eigenvalue weighted by Gasteiger charge is 2.17. The average molecular weight is 313 g/mol. The first-order valence-corrected chi connectivity index (χ1v) is 8.88. The predicted molar refractivity (Wildman–Crippen MR) is 85.4 cm³/mol. The summed E-state index contributed by atoms with van der Waals surface area (Å²) in [7, 11) is -3.52. The molecule has 1 unspecified atom stereocenters. The van der Waals surface area contributed by atoms with E-state index >= 15 is 0 Å². The van der Waals surface area contributed by atoms with Crippen LogP contribution in [0, 0.1) is 11.8 Å². The standard InChI is InChI=1S/C15H27N3O2S/c1-11(2)13(5)8-18-21(19,20)15-7-6-14(10-17-15)9-16-12(3)4/h6-7,10-13,16,18H,8-9H2,1-5H3. The zero-order valence-corrected chi connectivity index (χ0v) is 14.4. The van der Waals surface area contributed by atoms with E-state index in [1.54, 1.807) is 18.3 Å². The molecule has 1 rings (SSSR count). The van der Waals surface area contributed by atoms with Crippen LogP contribution >= 0.6 is 0 Å². The van der Waals surface area contributed by atoms with Gasteiger partial charge in [0.2, 0.25) is 0 Å². The van der Waals surface area contributed by atoms with Crippen molar-refractivity contribution in [2.24, 2.45) is 11.8 Å². The topological polar surface area (TPSA) is 71.1 Å². The summed E-state index contributed by atoms with van der Waals surface area (Å²) in [6.07, 6.45) is 1.61. The van der Waals surface area contributed by atoms with E-state index in [1.165, 1.54) is 0 Å². The molecule has 21 heavy (non-hydrogen) atoms. The second kappa shape index (κ2) is 7.87. The third kappa shape index (κ3) is 6.11. The SMILES string of the molecule is CC(C)NCc1ccc(S(=O)(=O)NCC(C)C(C)C)nc1. The van der Waals surface area contributed by atoms with Crippen molar-refractivity contribution >= 4 is 10.0 Å². The van der Waals surface area contributed by atoms with E-state index in [2.05, 4.69) is 42.7 Å². The van der Waals surface area contributed by atoms with Crippen LogP contribution < -0.4 is 10.0 Å². The summed E-state index contributed by atoms with van der Waals surface area (Å²) in [6, 6.07) is 3.73. The molecule has 0 aromatic carbocycles. The number of hydrogen-bond acceptors (Lipinski definition) is 4. The van der Waals surface area contributed by atoms with Gasteiger partial charge in [-0.2, -0.15) is 0 Å². The maximum atomic E-state index is 12.1. The van der Waals surface area contributed by atoms with Gasteiger partial charge in [0, 0.05) is 25.3 Å². The molecule has 1 heterocycles. The number of sulfonamides is 1. The molecule has 1 atom stereocenters. The lowest BCUT2D eigenvalue weighted by Gasteiger charge is -2.16. The highest BCUT2D eigenvalue weighted by Crippen LogP contribution is 2.11. The molecule has 0 fully saturated rings. The summed E-state index contributed by atoms with van der Waals surface area (Å²) in [5.74, 6) is 0.722. The Hall–Kier alpha value is -0.980. The second-order valence-corrected chi connectivity index (χ2v) is 7.83. The maximum absolute atomic E-state index is 12.1. The number of pyridine rings is 1. The second-order valence-electron chi connectivity index (χ2n) is 6.11. The summed E-state index contributed by atoms with van der Waals surface area (Å²) in [5.41, 5.74) is 0.971. The van der Waals surface area contributed by atoms with Crippen molar-refractivity contribution in [2.45, 2.75) is 52.2 Å². The molecular weight excluding hydrogens is 286 g/mol. The van der Waals surface area contributed by atoms with Gasteiger partial charge >= 0.3 is 0 Å². The molecule has 0 aliphatic heterocycles. The van der Waals surface area contributed by atoms with Gasteiger partial charge in [0.25, 0.3) is 10.0 Å². The van der Waals surface area contributed by atoms with E-state index in [4.69, 9.17) is 0 Å².